The summed E-state index contributed by atoms with van der Waals surface area (Å²) >= 11 is 0. The van der Waals surface area contributed by atoms with Gasteiger partial charge >= 0.3 is 0 Å². The molecule has 0 aromatic heterocycles. The summed E-state index contributed by atoms with van der Waals surface area (Å²) in [7, 11) is 0. The zero-order valence-electron chi connectivity index (χ0n) is 9.90. The summed E-state index contributed by atoms with van der Waals surface area (Å²) in [6.45, 7) is 4.20. The standard InChI is InChI=1S/C14H18O2/c1-3-12-8-11(9-15)4-7-14(12)10(2)16-13-5-6-13/h4,7-10,13H,3,5-6H2,1-2H3. The molecule has 0 amide bonds. The molecule has 16 heavy (non-hydrogen) atoms. The van der Waals surface area contributed by atoms with Gasteiger partial charge in [-0.3, -0.25) is 4.79 Å². The number of benzene rings is 1. The molecule has 0 saturated heterocycles. The van der Waals surface area contributed by atoms with Crippen LogP contribution in [0.1, 0.15) is 54.3 Å². The van der Waals surface area contributed by atoms with E-state index in [9.17, 15) is 4.79 Å². The topological polar surface area (TPSA) is 26.3 Å². The van der Waals surface area contributed by atoms with Crippen LogP contribution in [0, 0.1) is 0 Å². The fraction of sp³-hybridized carbons (Fsp3) is 0.500. The summed E-state index contributed by atoms with van der Waals surface area (Å²) in [5.74, 6) is 0. The predicted molar refractivity (Wildman–Crippen MR) is 63.7 cm³/mol. The van der Waals surface area contributed by atoms with Crippen molar-refractivity contribution in [1.82, 2.24) is 0 Å². The van der Waals surface area contributed by atoms with E-state index >= 15 is 0 Å². The molecule has 0 radical (unpaired) electrons. The lowest BCUT2D eigenvalue weighted by atomic mass is 9.99. The minimum atomic E-state index is 0.142. The van der Waals surface area contributed by atoms with E-state index in [0.29, 0.717) is 6.10 Å². The number of rotatable bonds is 5. The lowest BCUT2D eigenvalue weighted by molar-refractivity contribution is 0.0513. The van der Waals surface area contributed by atoms with E-state index in [2.05, 4.69) is 13.8 Å². The van der Waals surface area contributed by atoms with Crippen LogP contribution in [0.2, 0.25) is 0 Å². The number of carbonyl (C=O) groups excluding carboxylic acids is 1. The molecule has 1 atom stereocenters. The summed E-state index contributed by atoms with van der Waals surface area (Å²) in [5.41, 5.74) is 3.19. The molecule has 0 bridgehead atoms. The Bertz CT molecular complexity index is 380. The number of aryl methyl sites for hydroxylation is 1. The van der Waals surface area contributed by atoms with Crippen molar-refractivity contribution in [1.29, 1.82) is 0 Å². The van der Waals surface area contributed by atoms with Crippen LogP contribution in [0.25, 0.3) is 0 Å². The van der Waals surface area contributed by atoms with Gasteiger partial charge in [0.05, 0.1) is 12.2 Å². The summed E-state index contributed by atoms with van der Waals surface area (Å²) in [6.07, 6.45) is 4.83. The Kier molecular flexibility index (Phi) is 3.39. The number of ether oxygens (including phenoxy) is 1. The van der Waals surface area contributed by atoms with Gasteiger partial charge in [-0.2, -0.15) is 0 Å². The van der Waals surface area contributed by atoms with E-state index in [1.54, 1.807) is 0 Å². The van der Waals surface area contributed by atoms with Crippen molar-refractivity contribution in [3.63, 3.8) is 0 Å². The molecule has 1 unspecified atom stereocenters. The molecule has 1 fully saturated rings. The van der Waals surface area contributed by atoms with E-state index in [4.69, 9.17) is 4.74 Å². The molecule has 2 nitrogen and oxygen atoms in total. The molecule has 1 saturated carbocycles. The average molecular weight is 218 g/mol. The van der Waals surface area contributed by atoms with Gasteiger partial charge in [0.1, 0.15) is 6.29 Å². The van der Waals surface area contributed by atoms with Crippen molar-refractivity contribution >= 4 is 6.29 Å². The van der Waals surface area contributed by atoms with Gasteiger partial charge in [-0.1, -0.05) is 19.1 Å². The fourth-order valence-corrected chi connectivity index (χ4v) is 1.97. The fourth-order valence-electron chi connectivity index (χ4n) is 1.97. The second kappa shape index (κ2) is 4.79. The normalized spacial score (nSPS) is 17.1. The third-order valence-electron chi connectivity index (χ3n) is 3.04. The lowest BCUT2D eigenvalue weighted by Gasteiger charge is -2.16. The van der Waals surface area contributed by atoms with Crippen molar-refractivity contribution in [2.45, 2.75) is 45.3 Å². The van der Waals surface area contributed by atoms with Crippen LogP contribution in [0.15, 0.2) is 18.2 Å². The van der Waals surface area contributed by atoms with Crippen LogP contribution in [0.4, 0.5) is 0 Å². The highest BCUT2D eigenvalue weighted by Crippen LogP contribution is 2.32. The highest BCUT2D eigenvalue weighted by molar-refractivity contribution is 5.75. The highest BCUT2D eigenvalue weighted by atomic mass is 16.5. The van der Waals surface area contributed by atoms with Crippen molar-refractivity contribution < 1.29 is 9.53 Å². The Morgan fingerprint density at radius 1 is 1.50 bits per heavy atom. The monoisotopic (exact) mass is 218 g/mol. The molecule has 2 rings (SSSR count). The molecule has 0 spiro atoms. The first-order chi connectivity index (χ1) is 7.74. The Hall–Kier alpha value is -1.15. The molecular formula is C14H18O2. The molecule has 1 aromatic carbocycles. The van der Waals surface area contributed by atoms with Gasteiger partial charge in [-0.25, -0.2) is 0 Å². The second-order valence-electron chi connectivity index (χ2n) is 4.41. The van der Waals surface area contributed by atoms with Crippen LogP contribution in [-0.2, 0) is 11.2 Å². The Balaban J connectivity index is 2.20. The molecule has 0 N–H and O–H groups in total. The van der Waals surface area contributed by atoms with Gasteiger partial charge in [-0.15, -0.1) is 0 Å². The largest absolute Gasteiger partial charge is 0.371 e. The maximum absolute atomic E-state index is 10.7. The van der Waals surface area contributed by atoms with Crippen LogP contribution < -0.4 is 0 Å². The van der Waals surface area contributed by atoms with E-state index in [1.807, 2.05) is 18.2 Å². The SMILES string of the molecule is CCc1cc(C=O)ccc1C(C)OC1CC1. The van der Waals surface area contributed by atoms with Crippen LogP contribution in [0.5, 0.6) is 0 Å². The number of carbonyl (C=O) groups is 1. The Morgan fingerprint density at radius 3 is 2.81 bits per heavy atom. The molecule has 0 aliphatic heterocycles. The van der Waals surface area contributed by atoms with Crippen molar-refractivity contribution in [3.05, 3.63) is 34.9 Å². The lowest BCUT2D eigenvalue weighted by Crippen LogP contribution is -2.05. The Morgan fingerprint density at radius 2 is 2.25 bits per heavy atom. The zero-order chi connectivity index (χ0) is 11.5. The number of hydrogen-bond donors (Lipinski definition) is 0. The number of aldehydes is 1. The maximum Gasteiger partial charge on any atom is 0.150 e. The summed E-state index contributed by atoms with van der Waals surface area (Å²) < 4.78 is 5.87. The third-order valence-corrected chi connectivity index (χ3v) is 3.04. The van der Waals surface area contributed by atoms with Crippen molar-refractivity contribution in [3.8, 4) is 0 Å². The highest BCUT2D eigenvalue weighted by Gasteiger charge is 2.25. The van der Waals surface area contributed by atoms with Gasteiger partial charge in [0.25, 0.3) is 0 Å². The van der Waals surface area contributed by atoms with E-state index in [-0.39, 0.29) is 6.10 Å². The average Bonchev–Trinajstić information content (AvgIpc) is 3.11. The maximum atomic E-state index is 10.7. The molecule has 0 heterocycles. The number of hydrogen-bond acceptors (Lipinski definition) is 2. The molecule has 86 valence electrons. The van der Waals surface area contributed by atoms with Gasteiger partial charge in [-0.05, 0) is 43.4 Å². The quantitative estimate of drug-likeness (QED) is 0.709. The molecule has 1 aromatic rings. The van der Waals surface area contributed by atoms with Gasteiger partial charge < -0.3 is 4.74 Å². The van der Waals surface area contributed by atoms with Crippen molar-refractivity contribution in [2.24, 2.45) is 0 Å². The smallest absolute Gasteiger partial charge is 0.150 e. The van der Waals surface area contributed by atoms with E-state index < -0.39 is 0 Å². The molecule has 1 aliphatic carbocycles. The molecule has 1 aliphatic rings. The van der Waals surface area contributed by atoms with Crippen LogP contribution in [0.3, 0.4) is 0 Å². The first kappa shape index (κ1) is 11.3. The van der Waals surface area contributed by atoms with E-state index in [1.165, 1.54) is 24.0 Å². The summed E-state index contributed by atoms with van der Waals surface area (Å²) in [4.78, 5) is 10.7. The van der Waals surface area contributed by atoms with Gasteiger partial charge in [0, 0.05) is 5.56 Å². The minimum absolute atomic E-state index is 0.142. The Labute approximate surface area is 96.6 Å². The van der Waals surface area contributed by atoms with Crippen LogP contribution in [-0.4, -0.2) is 12.4 Å². The summed E-state index contributed by atoms with van der Waals surface area (Å²) in [6, 6.07) is 5.86. The van der Waals surface area contributed by atoms with Crippen molar-refractivity contribution in [2.75, 3.05) is 0 Å². The summed E-state index contributed by atoms with van der Waals surface area (Å²) in [5, 5.41) is 0. The van der Waals surface area contributed by atoms with Crippen LogP contribution >= 0.6 is 0 Å². The molecular weight excluding hydrogens is 200 g/mol. The molecule has 2 heteroatoms. The third kappa shape index (κ3) is 2.50. The predicted octanol–water partition coefficient (Wildman–Crippen LogP) is 3.30. The first-order valence-corrected chi connectivity index (χ1v) is 5.98. The van der Waals surface area contributed by atoms with E-state index in [0.717, 1.165) is 18.3 Å². The first-order valence-electron chi connectivity index (χ1n) is 5.98. The zero-order valence-corrected chi connectivity index (χ0v) is 9.90. The minimum Gasteiger partial charge on any atom is -0.371 e. The van der Waals surface area contributed by atoms with Gasteiger partial charge in [0.2, 0.25) is 0 Å². The van der Waals surface area contributed by atoms with Gasteiger partial charge in [0.15, 0.2) is 0 Å². The second-order valence-corrected chi connectivity index (χ2v) is 4.41.